The van der Waals surface area contributed by atoms with E-state index in [1.807, 2.05) is 32.9 Å². The number of nitrogens with one attached hydrogen (secondary N) is 3. The Morgan fingerprint density at radius 2 is 1.79 bits per heavy atom. The summed E-state index contributed by atoms with van der Waals surface area (Å²) in [5.41, 5.74) is 3.03. The van der Waals surface area contributed by atoms with Gasteiger partial charge in [-0.1, -0.05) is 45.9 Å². The summed E-state index contributed by atoms with van der Waals surface area (Å²) < 4.78 is 43.0. The van der Waals surface area contributed by atoms with E-state index in [1.165, 1.54) is 23.0 Å². The van der Waals surface area contributed by atoms with E-state index >= 15 is 4.39 Å². The number of benzene rings is 2. The van der Waals surface area contributed by atoms with Crippen molar-refractivity contribution >= 4 is 38.7 Å². The molecular formula is C31H37FN6O2S2. The Kier molecular flexibility index (Phi) is 8.91. The average Bonchev–Trinajstić information content (AvgIpc) is 3.41. The summed E-state index contributed by atoms with van der Waals surface area (Å²) in [5.74, 6) is 0.220. The van der Waals surface area contributed by atoms with Crippen LogP contribution in [0.2, 0.25) is 0 Å². The molecule has 2 aromatic heterocycles. The van der Waals surface area contributed by atoms with Crippen molar-refractivity contribution in [3.8, 4) is 21.8 Å². The Bertz CT molecular complexity index is 1640. The number of piperidine rings is 1. The topological polar surface area (TPSA) is 109 Å². The molecule has 3 N–H and O–H groups in total. The van der Waals surface area contributed by atoms with Crippen molar-refractivity contribution in [2.24, 2.45) is 0 Å². The minimum absolute atomic E-state index is 0.0930. The number of anilines is 3. The number of rotatable bonds is 9. The number of hydrogen-bond donors (Lipinski definition) is 3. The van der Waals surface area contributed by atoms with Crippen molar-refractivity contribution in [2.45, 2.75) is 58.3 Å². The first-order chi connectivity index (χ1) is 20.0. The van der Waals surface area contributed by atoms with Crippen LogP contribution < -0.4 is 15.4 Å². The Balaban J connectivity index is 1.48. The van der Waals surface area contributed by atoms with Crippen LogP contribution in [0, 0.1) is 5.82 Å². The molecule has 11 heteroatoms. The molecule has 2 aromatic carbocycles. The highest BCUT2D eigenvalue weighted by atomic mass is 32.2. The van der Waals surface area contributed by atoms with Gasteiger partial charge in [0, 0.05) is 22.9 Å². The lowest BCUT2D eigenvalue weighted by atomic mass is 9.90. The zero-order chi connectivity index (χ0) is 29.9. The van der Waals surface area contributed by atoms with Gasteiger partial charge in [-0.3, -0.25) is 4.72 Å². The maximum Gasteiger partial charge on any atom is 0.232 e. The summed E-state index contributed by atoms with van der Waals surface area (Å²) in [5, 5.41) is 7.52. The smallest absolute Gasteiger partial charge is 0.232 e. The van der Waals surface area contributed by atoms with Crippen LogP contribution >= 0.6 is 11.3 Å². The third-order valence-electron chi connectivity index (χ3n) is 7.13. The minimum atomic E-state index is -3.67. The van der Waals surface area contributed by atoms with Crippen molar-refractivity contribution in [3.63, 3.8) is 0 Å². The SMILES string of the molecule is CCCS(=O)(=O)Nc1cccc(-c2nc(C(C)(C)C)sc2-c2ccnc(Nc3ccc(C4CCNCC4)cc3)n2)c1F. The summed E-state index contributed by atoms with van der Waals surface area (Å²) in [6.45, 7) is 9.99. The van der Waals surface area contributed by atoms with Gasteiger partial charge in [0.25, 0.3) is 0 Å². The van der Waals surface area contributed by atoms with Crippen LogP contribution in [0.3, 0.4) is 0 Å². The molecule has 1 aliphatic rings. The molecule has 42 heavy (non-hydrogen) atoms. The molecule has 1 saturated heterocycles. The largest absolute Gasteiger partial charge is 0.324 e. The van der Waals surface area contributed by atoms with Gasteiger partial charge < -0.3 is 10.6 Å². The van der Waals surface area contributed by atoms with Crippen LogP contribution in [-0.4, -0.2) is 42.2 Å². The van der Waals surface area contributed by atoms with Gasteiger partial charge >= 0.3 is 0 Å². The lowest BCUT2D eigenvalue weighted by molar-refractivity contribution is 0.460. The fourth-order valence-electron chi connectivity index (χ4n) is 4.95. The summed E-state index contributed by atoms with van der Waals surface area (Å²) in [6, 6.07) is 14.8. The minimum Gasteiger partial charge on any atom is -0.324 e. The second-order valence-electron chi connectivity index (χ2n) is 11.6. The van der Waals surface area contributed by atoms with Crippen molar-refractivity contribution in [1.29, 1.82) is 0 Å². The van der Waals surface area contributed by atoms with Gasteiger partial charge in [-0.05, 0) is 74.2 Å². The van der Waals surface area contributed by atoms with Crippen molar-refractivity contribution in [3.05, 3.63) is 71.1 Å². The van der Waals surface area contributed by atoms with E-state index < -0.39 is 15.8 Å². The van der Waals surface area contributed by atoms with E-state index in [-0.39, 0.29) is 22.4 Å². The molecule has 222 valence electrons. The van der Waals surface area contributed by atoms with Crippen molar-refractivity contribution in [2.75, 3.05) is 28.9 Å². The van der Waals surface area contributed by atoms with Gasteiger partial charge in [0.15, 0.2) is 5.82 Å². The Hall–Kier alpha value is -3.41. The summed E-state index contributed by atoms with van der Waals surface area (Å²) >= 11 is 1.44. The van der Waals surface area contributed by atoms with Crippen LogP contribution in [0.15, 0.2) is 54.7 Å². The third kappa shape index (κ3) is 6.96. The molecule has 0 amide bonds. The van der Waals surface area contributed by atoms with Crippen molar-refractivity contribution < 1.29 is 12.8 Å². The zero-order valence-electron chi connectivity index (χ0n) is 24.4. The van der Waals surface area contributed by atoms with E-state index in [2.05, 4.69) is 32.5 Å². The lowest BCUT2D eigenvalue weighted by Crippen LogP contribution is -2.26. The monoisotopic (exact) mass is 608 g/mol. The first-order valence-electron chi connectivity index (χ1n) is 14.3. The van der Waals surface area contributed by atoms with Crippen LogP contribution in [0.5, 0.6) is 0 Å². The quantitative estimate of drug-likeness (QED) is 0.187. The van der Waals surface area contributed by atoms with Crippen LogP contribution in [0.25, 0.3) is 21.8 Å². The number of hydrogen-bond acceptors (Lipinski definition) is 8. The second kappa shape index (κ2) is 12.4. The molecule has 5 rings (SSSR count). The predicted molar refractivity (Wildman–Crippen MR) is 170 cm³/mol. The molecule has 1 fully saturated rings. The Morgan fingerprint density at radius 1 is 1.05 bits per heavy atom. The fraction of sp³-hybridized carbons (Fsp3) is 0.387. The number of aromatic nitrogens is 3. The van der Waals surface area contributed by atoms with E-state index in [0.717, 1.165) is 36.6 Å². The Morgan fingerprint density at radius 3 is 2.48 bits per heavy atom. The molecule has 0 radical (unpaired) electrons. The molecule has 0 saturated carbocycles. The highest BCUT2D eigenvalue weighted by Gasteiger charge is 2.26. The molecule has 0 aliphatic carbocycles. The third-order valence-corrected chi connectivity index (χ3v) is 10.1. The molecular weight excluding hydrogens is 572 g/mol. The van der Waals surface area contributed by atoms with Gasteiger partial charge in [0.05, 0.1) is 32.7 Å². The molecule has 0 bridgehead atoms. The molecule has 0 atom stereocenters. The maximum absolute atomic E-state index is 15.9. The maximum atomic E-state index is 15.9. The second-order valence-corrected chi connectivity index (χ2v) is 14.4. The molecule has 4 aromatic rings. The highest BCUT2D eigenvalue weighted by molar-refractivity contribution is 7.92. The van der Waals surface area contributed by atoms with E-state index in [0.29, 0.717) is 34.6 Å². The molecule has 1 aliphatic heterocycles. The first kappa shape index (κ1) is 30.1. The average molecular weight is 609 g/mol. The molecule has 0 unspecified atom stereocenters. The fourth-order valence-corrected chi connectivity index (χ4v) is 7.19. The van der Waals surface area contributed by atoms with Gasteiger partial charge in [-0.15, -0.1) is 11.3 Å². The number of halogens is 1. The summed E-state index contributed by atoms with van der Waals surface area (Å²) in [7, 11) is -3.67. The van der Waals surface area contributed by atoms with Crippen molar-refractivity contribution in [1.82, 2.24) is 20.3 Å². The summed E-state index contributed by atoms with van der Waals surface area (Å²) in [6.07, 6.45) is 4.37. The van der Waals surface area contributed by atoms with E-state index in [1.54, 1.807) is 31.3 Å². The predicted octanol–water partition coefficient (Wildman–Crippen LogP) is 7.07. The molecule has 3 heterocycles. The first-order valence-corrected chi connectivity index (χ1v) is 16.7. The van der Waals surface area contributed by atoms with E-state index in [4.69, 9.17) is 9.97 Å². The van der Waals surface area contributed by atoms with Gasteiger partial charge in [0.2, 0.25) is 16.0 Å². The van der Waals surface area contributed by atoms with Crippen LogP contribution in [-0.2, 0) is 15.4 Å². The van der Waals surface area contributed by atoms with Gasteiger partial charge in [-0.2, -0.15) is 0 Å². The van der Waals surface area contributed by atoms with Crippen LogP contribution in [0.4, 0.5) is 21.7 Å². The Labute approximate surface area is 251 Å². The van der Waals surface area contributed by atoms with Gasteiger partial charge in [-0.25, -0.2) is 27.8 Å². The zero-order valence-corrected chi connectivity index (χ0v) is 26.0. The highest BCUT2D eigenvalue weighted by Crippen LogP contribution is 2.42. The number of nitrogens with zero attached hydrogens (tertiary/aromatic N) is 3. The van der Waals surface area contributed by atoms with Crippen LogP contribution in [0.1, 0.15) is 63.4 Å². The lowest BCUT2D eigenvalue weighted by Gasteiger charge is -2.23. The normalized spacial score (nSPS) is 14.6. The number of sulfonamides is 1. The molecule has 0 spiro atoms. The standard InChI is InChI=1S/C31H37FN6O2S2/c1-5-19-42(39,40)38-24-8-6-7-23(26(24)32)27-28(41-29(37-27)31(2,3)4)25-15-18-34-30(36-25)35-22-11-9-20(10-12-22)21-13-16-33-17-14-21/h6-12,15,18,21,33,38H,5,13-14,16-17,19H2,1-4H3,(H,34,35,36). The van der Waals surface area contributed by atoms with E-state index in [9.17, 15) is 8.42 Å². The molecule has 8 nitrogen and oxygen atoms in total. The number of thiazole rings is 1. The summed E-state index contributed by atoms with van der Waals surface area (Å²) in [4.78, 5) is 14.7. The van der Waals surface area contributed by atoms with Gasteiger partial charge in [0.1, 0.15) is 0 Å².